The number of aromatic nitrogens is 1. The zero-order valence-electron chi connectivity index (χ0n) is 7.25. The van der Waals surface area contributed by atoms with Gasteiger partial charge in [-0.15, -0.1) is 0 Å². The van der Waals surface area contributed by atoms with Gasteiger partial charge < -0.3 is 10.2 Å². The first-order valence-corrected chi connectivity index (χ1v) is 4.66. The van der Waals surface area contributed by atoms with Crippen molar-refractivity contribution in [1.29, 1.82) is 0 Å². The van der Waals surface area contributed by atoms with E-state index >= 15 is 0 Å². The molecule has 0 fully saturated rings. The van der Waals surface area contributed by atoms with Crippen LogP contribution in [0.5, 0.6) is 0 Å². The van der Waals surface area contributed by atoms with Crippen molar-refractivity contribution in [3.63, 3.8) is 0 Å². The largest absolute Gasteiger partial charge is 0.428 e. The second-order valence-corrected chi connectivity index (χ2v) is 3.74. The monoisotopic (exact) mass is 206 g/mol. The van der Waals surface area contributed by atoms with Crippen LogP contribution >= 0.6 is 11.6 Å². The average Bonchev–Trinajstić information content (AvgIpc) is 2.59. The van der Waals surface area contributed by atoms with E-state index in [2.05, 4.69) is 4.98 Å². The first-order valence-electron chi connectivity index (χ1n) is 4.28. The van der Waals surface area contributed by atoms with Crippen molar-refractivity contribution in [3.8, 4) is 11.3 Å². The lowest BCUT2D eigenvalue weighted by Gasteiger charge is -1.97. The molecular weight excluding hydrogens is 200 g/mol. The number of nitrogen functional groups attached to an aromatic ring is 1. The van der Waals surface area contributed by atoms with E-state index < -0.39 is 0 Å². The van der Waals surface area contributed by atoms with Gasteiger partial charge in [0.2, 0.25) is 0 Å². The molecule has 0 aliphatic heterocycles. The first-order chi connectivity index (χ1) is 6.74. The SMILES string of the molecule is Nc1nc2c(o1)Cc1cc(Cl)ccc1-2. The van der Waals surface area contributed by atoms with Gasteiger partial charge in [-0.2, -0.15) is 4.98 Å². The van der Waals surface area contributed by atoms with Gasteiger partial charge in [0.15, 0.2) is 0 Å². The molecule has 2 aromatic rings. The molecule has 1 aliphatic rings. The molecule has 0 radical (unpaired) electrons. The summed E-state index contributed by atoms with van der Waals surface area (Å²) in [5.41, 5.74) is 8.55. The highest BCUT2D eigenvalue weighted by molar-refractivity contribution is 6.30. The predicted molar refractivity (Wildman–Crippen MR) is 54.2 cm³/mol. The number of benzene rings is 1. The van der Waals surface area contributed by atoms with Crippen LogP contribution in [-0.4, -0.2) is 4.98 Å². The second-order valence-electron chi connectivity index (χ2n) is 3.30. The predicted octanol–water partition coefficient (Wildman–Crippen LogP) is 2.48. The molecule has 70 valence electrons. The summed E-state index contributed by atoms with van der Waals surface area (Å²) < 4.78 is 5.27. The molecule has 3 nitrogen and oxygen atoms in total. The zero-order valence-corrected chi connectivity index (χ0v) is 8.01. The molecule has 1 heterocycles. The summed E-state index contributed by atoms with van der Waals surface area (Å²) in [6.45, 7) is 0. The fourth-order valence-electron chi connectivity index (χ4n) is 1.81. The smallest absolute Gasteiger partial charge is 0.292 e. The third-order valence-electron chi connectivity index (χ3n) is 2.39. The summed E-state index contributed by atoms with van der Waals surface area (Å²) in [5, 5.41) is 0.738. The van der Waals surface area contributed by atoms with Crippen LogP contribution in [0.3, 0.4) is 0 Å². The molecule has 1 aliphatic carbocycles. The maximum Gasteiger partial charge on any atom is 0.292 e. The zero-order chi connectivity index (χ0) is 9.71. The van der Waals surface area contributed by atoms with Gasteiger partial charge in [0.05, 0.1) is 0 Å². The minimum Gasteiger partial charge on any atom is -0.428 e. The second kappa shape index (κ2) is 2.51. The van der Waals surface area contributed by atoms with Crippen molar-refractivity contribution >= 4 is 17.6 Å². The Morgan fingerprint density at radius 2 is 2.29 bits per heavy atom. The van der Waals surface area contributed by atoms with Crippen LogP contribution in [0.4, 0.5) is 6.01 Å². The Balaban J connectivity index is 2.25. The lowest BCUT2D eigenvalue weighted by Crippen LogP contribution is -1.85. The third kappa shape index (κ3) is 0.960. The molecule has 2 N–H and O–H groups in total. The summed E-state index contributed by atoms with van der Waals surface area (Å²) in [4.78, 5) is 4.13. The lowest BCUT2D eigenvalue weighted by molar-refractivity contribution is 0.538. The molecule has 1 aromatic carbocycles. The Morgan fingerprint density at radius 3 is 3.14 bits per heavy atom. The molecule has 0 saturated heterocycles. The van der Waals surface area contributed by atoms with Gasteiger partial charge in [0.1, 0.15) is 11.5 Å². The van der Waals surface area contributed by atoms with Crippen molar-refractivity contribution in [2.75, 3.05) is 5.73 Å². The Morgan fingerprint density at radius 1 is 1.43 bits per heavy atom. The summed E-state index contributed by atoms with van der Waals surface area (Å²) in [6, 6.07) is 5.96. The minimum absolute atomic E-state index is 0.232. The number of fused-ring (bicyclic) bond motifs is 3. The van der Waals surface area contributed by atoms with Crippen molar-refractivity contribution in [2.24, 2.45) is 0 Å². The maximum atomic E-state index is 5.89. The Labute approximate surface area is 85.5 Å². The number of oxazole rings is 1. The van der Waals surface area contributed by atoms with Gasteiger partial charge in [-0.3, -0.25) is 0 Å². The van der Waals surface area contributed by atoms with Gasteiger partial charge in [-0.25, -0.2) is 0 Å². The van der Waals surface area contributed by atoms with E-state index in [-0.39, 0.29) is 6.01 Å². The molecule has 1 aromatic heterocycles. The highest BCUT2D eigenvalue weighted by atomic mass is 35.5. The quantitative estimate of drug-likeness (QED) is 0.615. The number of halogens is 1. The van der Waals surface area contributed by atoms with E-state index in [1.165, 1.54) is 0 Å². The first kappa shape index (κ1) is 7.88. The van der Waals surface area contributed by atoms with Gasteiger partial charge in [-0.1, -0.05) is 17.7 Å². The number of hydrogen-bond acceptors (Lipinski definition) is 3. The number of rotatable bonds is 0. The normalized spacial score (nSPS) is 12.6. The van der Waals surface area contributed by atoms with Crippen molar-refractivity contribution in [1.82, 2.24) is 4.98 Å². The molecule has 0 atom stereocenters. The fourth-order valence-corrected chi connectivity index (χ4v) is 2.01. The standard InChI is InChI=1S/C10H7ClN2O/c11-6-1-2-7-5(3-6)4-8-9(7)13-10(12)14-8/h1-3H,4H2,(H2,12,13). The molecule has 0 spiro atoms. The number of anilines is 1. The minimum atomic E-state index is 0.232. The summed E-state index contributed by atoms with van der Waals surface area (Å²) in [5.74, 6) is 0.833. The number of hydrogen-bond donors (Lipinski definition) is 1. The maximum absolute atomic E-state index is 5.89. The van der Waals surface area contributed by atoms with Crippen LogP contribution in [0, 0.1) is 0 Å². The topological polar surface area (TPSA) is 52.0 Å². The number of nitrogens with two attached hydrogens (primary N) is 1. The van der Waals surface area contributed by atoms with Crippen LogP contribution in [0.1, 0.15) is 11.3 Å². The van der Waals surface area contributed by atoms with E-state index in [4.69, 9.17) is 21.8 Å². The van der Waals surface area contributed by atoms with Gasteiger partial charge in [0.25, 0.3) is 6.01 Å². The molecule has 3 rings (SSSR count). The van der Waals surface area contributed by atoms with E-state index in [0.717, 1.165) is 34.0 Å². The molecule has 4 heteroatoms. The van der Waals surface area contributed by atoms with Crippen molar-refractivity contribution in [3.05, 3.63) is 34.5 Å². The third-order valence-corrected chi connectivity index (χ3v) is 2.62. The molecular formula is C10H7ClN2O. The Hall–Kier alpha value is -1.48. The highest BCUT2D eigenvalue weighted by Crippen LogP contribution is 2.38. The molecule has 0 amide bonds. The van der Waals surface area contributed by atoms with Crippen LogP contribution in [-0.2, 0) is 6.42 Å². The van der Waals surface area contributed by atoms with Crippen molar-refractivity contribution in [2.45, 2.75) is 6.42 Å². The fraction of sp³-hybridized carbons (Fsp3) is 0.100. The van der Waals surface area contributed by atoms with E-state index in [1.54, 1.807) is 0 Å². The van der Waals surface area contributed by atoms with Gasteiger partial charge in [0, 0.05) is 17.0 Å². The van der Waals surface area contributed by atoms with Crippen LogP contribution in [0.25, 0.3) is 11.3 Å². The van der Waals surface area contributed by atoms with Gasteiger partial charge in [-0.05, 0) is 17.7 Å². The molecule has 14 heavy (non-hydrogen) atoms. The van der Waals surface area contributed by atoms with Crippen LogP contribution in [0.2, 0.25) is 5.02 Å². The number of nitrogens with zero attached hydrogens (tertiary/aromatic N) is 1. The molecule has 0 unspecified atom stereocenters. The summed E-state index contributed by atoms with van der Waals surface area (Å²) in [6.07, 6.45) is 0.732. The van der Waals surface area contributed by atoms with E-state index in [0.29, 0.717) is 0 Å². The van der Waals surface area contributed by atoms with Crippen LogP contribution < -0.4 is 5.73 Å². The Kier molecular flexibility index (Phi) is 1.42. The highest BCUT2D eigenvalue weighted by Gasteiger charge is 2.24. The molecule has 0 saturated carbocycles. The lowest BCUT2D eigenvalue weighted by atomic mass is 10.1. The Bertz CT molecular complexity index is 519. The van der Waals surface area contributed by atoms with Gasteiger partial charge >= 0.3 is 0 Å². The van der Waals surface area contributed by atoms with E-state index in [9.17, 15) is 0 Å². The van der Waals surface area contributed by atoms with Crippen LogP contribution in [0.15, 0.2) is 22.6 Å². The molecule has 0 bridgehead atoms. The van der Waals surface area contributed by atoms with E-state index in [1.807, 2.05) is 18.2 Å². The summed E-state index contributed by atoms with van der Waals surface area (Å²) in [7, 11) is 0. The van der Waals surface area contributed by atoms with Crippen molar-refractivity contribution < 1.29 is 4.42 Å². The summed E-state index contributed by atoms with van der Waals surface area (Å²) >= 11 is 5.89. The average molecular weight is 207 g/mol.